The summed E-state index contributed by atoms with van der Waals surface area (Å²) in [7, 11) is 2.29. The maximum absolute atomic E-state index is 2.82. The second-order valence-corrected chi connectivity index (χ2v) is 8.96. The third-order valence-electron chi connectivity index (χ3n) is 6.91. The van der Waals surface area contributed by atoms with Crippen molar-refractivity contribution in [3.05, 3.63) is 0 Å². The Labute approximate surface area is 152 Å². The molecular formula is C22H44N2. The van der Waals surface area contributed by atoms with Gasteiger partial charge in [0, 0.05) is 6.54 Å². The van der Waals surface area contributed by atoms with Gasteiger partial charge in [0.15, 0.2) is 0 Å². The van der Waals surface area contributed by atoms with Gasteiger partial charge in [0.2, 0.25) is 0 Å². The van der Waals surface area contributed by atoms with Gasteiger partial charge in [0.25, 0.3) is 0 Å². The van der Waals surface area contributed by atoms with Crippen LogP contribution in [0.15, 0.2) is 0 Å². The fraction of sp³-hybridized carbons (Fsp3) is 1.00. The quantitative estimate of drug-likeness (QED) is 0.481. The SMILES string of the molecule is CCCCCCC(CCCC)CN1CCC2(CCN(C)CC2)CC1. The fourth-order valence-electron chi connectivity index (χ4n) is 4.85. The topological polar surface area (TPSA) is 6.48 Å². The number of unbranched alkanes of at least 4 members (excludes halogenated alkanes) is 4. The average molecular weight is 337 g/mol. The highest BCUT2D eigenvalue weighted by molar-refractivity contribution is 4.90. The maximum Gasteiger partial charge on any atom is 0.000966 e. The van der Waals surface area contributed by atoms with E-state index in [2.05, 4.69) is 30.7 Å². The highest BCUT2D eigenvalue weighted by Gasteiger charge is 2.36. The van der Waals surface area contributed by atoms with E-state index in [1.54, 1.807) is 0 Å². The van der Waals surface area contributed by atoms with Crippen LogP contribution in [-0.4, -0.2) is 49.6 Å². The molecule has 2 rings (SSSR count). The van der Waals surface area contributed by atoms with Gasteiger partial charge in [0.1, 0.15) is 0 Å². The summed E-state index contributed by atoms with van der Waals surface area (Å²) in [6.07, 6.45) is 17.3. The van der Waals surface area contributed by atoms with Crippen LogP contribution in [0, 0.1) is 11.3 Å². The molecule has 24 heavy (non-hydrogen) atoms. The summed E-state index contributed by atoms with van der Waals surface area (Å²) in [5.74, 6) is 0.966. The zero-order chi connectivity index (χ0) is 17.3. The number of hydrogen-bond acceptors (Lipinski definition) is 2. The Morgan fingerprint density at radius 1 is 0.750 bits per heavy atom. The van der Waals surface area contributed by atoms with Gasteiger partial charge >= 0.3 is 0 Å². The van der Waals surface area contributed by atoms with Gasteiger partial charge in [-0.15, -0.1) is 0 Å². The van der Waals surface area contributed by atoms with Gasteiger partial charge in [-0.3, -0.25) is 0 Å². The van der Waals surface area contributed by atoms with Gasteiger partial charge < -0.3 is 9.80 Å². The normalized spacial score (nSPS) is 23.6. The van der Waals surface area contributed by atoms with Crippen molar-refractivity contribution >= 4 is 0 Å². The summed E-state index contributed by atoms with van der Waals surface area (Å²) in [4.78, 5) is 5.35. The monoisotopic (exact) mass is 336 g/mol. The Hall–Kier alpha value is -0.0800. The Balaban J connectivity index is 1.72. The van der Waals surface area contributed by atoms with Crippen molar-refractivity contribution in [3.63, 3.8) is 0 Å². The first-order valence-electron chi connectivity index (χ1n) is 11.1. The Morgan fingerprint density at radius 2 is 1.33 bits per heavy atom. The van der Waals surface area contributed by atoms with Crippen molar-refractivity contribution in [2.24, 2.45) is 11.3 Å². The predicted molar refractivity (Wildman–Crippen MR) is 107 cm³/mol. The molecule has 1 spiro atoms. The van der Waals surface area contributed by atoms with Gasteiger partial charge in [-0.1, -0.05) is 52.4 Å². The van der Waals surface area contributed by atoms with E-state index in [4.69, 9.17) is 0 Å². The lowest BCUT2D eigenvalue weighted by Crippen LogP contribution is -2.46. The zero-order valence-corrected chi connectivity index (χ0v) is 17.0. The van der Waals surface area contributed by atoms with Gasteiger partial charge in [-0.25, -0.2) is 0 Å². The molecule has 0 saturated carbocycles. The van der Waals surface area contributed by atoms with E-state index in [0.717, 1.165) is 5.92 Å². The molecule has 2 aliphatic rings. The number of likely N-dealkylation sites (tertiary alicyclic amines) is 2. The predicted octanol–water partition coefficient (Wildman–Crippen LogP) is 5.57. The van der Waals surface area contributed by atoms with Crippen molar-refractivity contribution in [1.82, 2.24) is 9.80 Å². The Kier molecular flexibility index (Phi) is 9.11. The van der Waals surface area contributed by atoms with Crippen LogP contribution in [0.4, 0.5) is 0 Å². The number of piperidine rings is 2. The molecular weight excluding hydrogens is 292 g/mol. The molecule has 0 aromatic carbocycles. The second-order valence-electron chi connectivity index (χ2n) is 8.96. The van der Waals surface area contributed by atoms with E-state index in [1.165, 1.54) is 110 Å². The van der Waals surface area contributed by atoms with Crippen LogP contribution in [0.25, 0.3) is 0 Å². The van der Waals surface area contributed by atoms with Crippen molar-refractivity contribution in [1.29, 1.82) is 0 Å². The molecule has 2 fully saturated rings. The highest BCUT2D eigenvalue weighted by Crippen LogP contribution is 2.41. The maximum atomic E-state index is 2.82. The fourth-order valence-corrected chi connectivity index (χ4v) is 4.85. The molecule has 0 aromatic rings. The Morgan fingerprint density at radius 3 is 1.96 bits per heavy atom. The average Bonchev–Trinajstić information content (AvgIpc) is 2.61. The van der Waals surface area contributed by atoms with Crippen molar-refractivity contribution in [2.75, 3.05) is 39.8 Å². The van der Waals surface area contributed by atoms with E-state index in [1.807, 2.05) is 0 Å². The summed E-state index contributed by atoms with van der Waals surface area (Å²) in [5.41, 5.74) is 0.711. The van der Waals surface area contributed by atoms with Crippen LogP contribution in [-0.2, 0) is 0 Å². The van der Waals surface area contributed by atoms with Crippen molar-refractivity contribution in [3.8, 4) is 0 Å². The standard InChI is InChI=1S/C22H44N2/c1-4-6-8-9-11-21(10-7-5-2)20-24-18-14-22(15-19-24)12-16-23(3)17-13-22/h21H,4-20H2,1-3H3. The van der Waals surface area contributed by atoms with E-state index >= 15 is 0 Å². The zero-order valence-electron chi connectivity index (χ0n) is 17.0. The molecule has 2 nitrogen and oxygen atoms in total. The second kappa shape index (κ2) is 10.8. The van der Waals surface area contributed by atoms with Crippen LogP contribution in [0.5, 0.6) is 0 Å². The molecule has 1 atom stereocenters. The minimum atomic E-state index is 0.711. The molecule has 1 unspecified atom stereocenters. The first-order valence-corrected chi connectivity index (χ1v) is 11.1. The number of hydrogen-bond donors (Lipinski definition) is 0. The Bertz CT molecular complexity index is 310. The first kappa shape index (κ1) is 20.2. The molecule has 2 heterocycles. The van der Waals surface area contributed by atoms with Crippen LogP contribution in [0.1, 0.15) is 90.9 Å². The number of nitrogens with zero attached hydrogens (tertiary/aromatic N) is 2. The minimum Gasteiger partial charge on any atom is -0.306 e. The summed E-state index contributed by atoms with van der Waals surface area (Å²) in [6, 6.07) is 0. The lowest BCUT2D eigenvalue weighted by atomic mass is 9.71. The largest absolute Gasteiger partial charge is 0.306 e. The molecule has 0 bridgehead atoms. The molecule has 2 heteroatoms. The third kappa shape index (κ3) is 6.67. The van der Waals surface area contributed by atoms with Gasteiger partial charge in [-0.2, -0.15) is 0 Å². The first-order chi connectivity index (χ1) is 11.7. The lowest BCUT2D eigenvalue weighted by molar-refractivity contribution is 0.0359. The van der Waals surface area contributed by atoms with Gasteiger partial charge in [-0.05, 0) is 83.1 Å². The summed E-state index contributed by atoms with van der Waals surface area (Å²) in [6.45, 7) is 11.5. The van der Waals surface area contributed by atoms with E-state index in [-0.39, 0.29) is 0 Å². The molecule has 2 saturated heterocycles. The van der Waals surface area contributed by atoms with E-state index < -0.39 is 0 Å². The van der Waals surface area contributed by atoms with Crippen LogP contribution in [0.3, 0.4) is 0 Å². The van der Waals surface area contributed by atoms with Crippen molar-refractivity contribution in [2.45, 2.75) is 90.9 Å². The summed E-state index contributed by atoms with van der Waals surface area (Å²) < 4.78 is 0. The summed E-state index contributed by atoms with van der Waals surface area (Å²) in [5, 5.41) is 0. The minimum absolute atomic E-state index is 0.711. The van der Waals surface area contributed by atoms with Crippen molar-refractivity contribution < 1.29 is 0 Å². The molecule has 142 valence electrons. The molecule has 0 radical (unpaired) electrons. The molecule has 0 amide bonds. The van der Waals surface area contributed by atoms with Crippen LogP contribution >= 0.6 is 0 Å². The van der Waals surface area contributed by atoms with Gasteiger partial charge in [0.05, 0.1) is 0 Å². The molecule has 0 N–H and O–H groups in total. The van der Waals surface area contributed by atoms with E-state index in [0.29, 0.717) is 5.41 Å². The number of rotatable bonds is 10. The smallest absolute Gasteiger partial charge is 0.000966 e. The molecule has 0 aliphatic carbocycles. The highest BCUT2D eigenvalue weighted by atomic mass is 15.1. The van der Waals surface area contributed by atoms with Crippen LogP contribution < -0.4 is 0 Å². The summed E-state index contributed by atoms with van der Waals surface area (Å²) >= 11 is 0. The van der Waals surface area contributed by atoms with Crippen LogP contribution in [0.2, 0.25) is 0 Å². The third-order valence-corrected chi connectivity index (χ3v) is 6.91. The lowest BCUT2D eigenvalue weighted by Gasteiger charge is -2.46. The molecule has 2 aliphatic heterocycles. The van der Waals surface area contributed by atoms with E-state index in [9.17, 15) is 0 Å². The molecule has 0 aromatic heterocycles.